The first-order chi connectivity index (χ1) is 8.15. The van der Waals surface area contributed by atoms with Crippen molar-refractivity contribution in [2.75, 3.05) is 0 Å². The molecule has 0 radical (unpaired) electrons. The standard InChI is InChI=1S/C15H22BrN/c1-11-6-7-12(2)15(8-11)17-10-13-4-3-5-14(16)9-13/h3-5,9,11-12,15,17H,6-8,10H2,1-2H3. The van der Waals surface area contributed by atoms with Crippen LogP contribution in [0.2, 0.25) is 0 Å². The highest BCUT2D eigenvalue weighted by Gasteiger charge is 2.24. The summed E-state index contributed by atoms with van der Waals surface area (Å²) in [6, 6.07) is 9.26. The van der Waals surface area contributed by atoms with Crippen molar-refractivity contribution in [2.45, 2.75) is 45.7 Å². The number of nitrogens with one attached hydrogen (secondary N) is 1. The van der Waals surface area contributed by atoms with Crippen LogP contribution in [0.5, 0.6) is 0 Å². The van der Waals surface area contributed by atoms with Gasteiger partial charge < -0.3 is 5.32 Å². The molecule has 17 heavy (non-hydrogen) atoms. The van der Waals surface area contributed by atoms with E-state index in [-0.39, 0.29) is 0 Å². The molecule has 1 N–H and O–H groups in total. The van der Waals surface area contributed by atoms with Crippen LogP contribution in [0.15, 0.2) is 28.7 Å². The summed E-state index contributed by atoms with van der Waals surface area (Å²) in [4.78, 5) is 0. The highest BCUT2D eigenvalue weighted by atomic mass is 79.9. The highest BCUT2D eigenvalue weighted by molar-refractivity contribution is 9.10. The smallest absolute Gasteiger partial charge is 0.0208 e. The summed E-state index contributed by atoms with van der Waals surface area (Å²) in [7, 11) is 0. The number of hydrogen-bond acceptors (Lipinski definition) is 1. The van der Waals surface area contributed by atoms with Crippen LogP contribution in [-0.4, -0.2) is 6.04 Å². The van der Waals surface area contributed by atoms with E-state index in [4.69, 9.17) is 0 Å². The lowest BCUT2D eigenvalue weighted by atomic mass is 9.80. The van der Waals surface area contributed by atoms with E-state index in [1.54, 1.807) is 0 Å². The Hall–Kier alpha value is -0.340. The molecule has 1 fully saturated rings. The molecule has 1 aromatic rings. The van der Waals surface area contributed by atoms with Crippen molar-refractivity contribution in [3.8, 4) is 0 Å². The van der Waals surface area contributed by atoms with E-state index in [0.717, 1.165) is 18.4 Å². The molecule has 0 amide bonds. The lowest BCUT2D eigenvalue weighted by molar-refractivity contribution is 0.227. The van der Waals surface area contributed by atoms with Crippen LogP contribution >= 0.6 is 15.9 Å². The van der Waals surface area contributed by atoms with E-state index in [9.17, 15) is 0 Å². The van der Waals surface area contributed by atoms with Crippen molar-refractivity contribution in [1.82, 2.24) is 5.32 Å². The molecule has 0 saturated heterocycles. The zero-order valence-electron chi connectivity index (χ0n) is 10.7. The predicted octanol–water partition coefficient (Wildman–Crippen LogP) is 4.36. The second kappa shape index (κ2) is 6.01. The van der Waals surface area contributed by atoms with Gasteiger partial charge in [0.2, 0.25) is 0 Å². The van der Waals surface area contributed by atoms with Crippen molar-refractivity contribution < 1.29 is 0 Å². The summed E-state index contributed by atoms with van der Waals surface area (Å²) in [5.41, 5.74) is 1.37. The summed E-state index contributed by atoms with van der Waals surface area (Å²) in [6.45, 7) is 5.74. The molecule has 2 rings (SSSR count). The van der Waals surface area contributed by atoms with Gasteiger partial charge in [0.15, 0.2) is 0 Å². The Kier molecular flexibility index (Phi) is 4.63. The van der Waals surface area contributed by atoms with E-state index in [2.05, 4.69) is 59.4 Å². The molecule has 2 heteroatoms. The van der Waals surface area contributed by atoms with Gasteiger partial charge >= 0.3 is 0 Å². The van der Waals surface area contributed by atoms with Crippen molar-refractivity contribution >= 4 is 15.9 Å². The third-order valence-electron chi connectivity index (χ3n) is 3.92. The van der Waals surface area contributed by atoms with Crippen LogP contribution in [-0.2, 0) is 6.54 Å². The van der Waals surface area contributed by atoms with Crippen LogP contribution in [0.4, 0.5) is 0 Å². The Balaban J connectivity index is 1.88. The predicted molar refractivity (Wildman–Crippen MR) is 76.9 cm³/mol. The third kappa shape index (κ3) is 3.82. The first-order valence-electron chi connectivity index (χ1n) is 6.63. The first-order valence-corrected chi connectivity index (χ1v) is 7.42. The Bertz CT molecular complexity index is 364. The van der Waals surface area contributed by atoms with E-state index in [1.807, 2.05) is 0 Å². The molecule has 0 spiro atoms. The second-order valence-electron chi connectivity index (χ2n) is 5.51. The third-order valence-corrected chi connectivity index (χ3v) is 4.41. The summed E-state index contributed by atoms with van der Waals surface area (Å²) < 4.78 is 1.17. The number of benzene rings is 1. The van der Waals surface area contributed by atoms with Gasteiger partial charge in [0.1, 0.15) is 0 Å². The Labute approximate surface area is 113 Å². The van der Waals surface area contributed by atoms with Crippen LogP contribution < -0.4 is 5.32 Å². The number of rotatable bonds is 3. The molecule has 0 heterocycles. The van der Waals surface area contributed by atoms with E-state index >= 15 is 0 Å². The molecule has 1 aliphatic carbocycles. The van der Waals surface area contributed by atoms with E-state index < -0.39 is 0 Å². The molecule has 0 aliphatic heterocycles. The molecule has 94 valence electrons. The van der Waals surface area contributed by atoms with Crippen molar-refractivity contribution in [1.29, 1.82) is 0 Å². The molecule has 0 bridgehead atoms. The number of halogens is 1. The molecular formula is C15H22BrN. The maximum absolute atomic E-state index is 3.72. The zero-order chi connectivity index (χ0) is 12.3. The summed E-state index contributed by atoms with van der Waals surface area (Å²) in [5.74, 6) is 1.70. The lowest BCUT2D eigenvalue weighted by Crippen LogP contribution is -2.39. The molecule has 1 nitrogen and oxygen atoms in total. The minimum atomic E-state index is 0.692. The maximum Gasteiger partial charge on any atom is 0.0208 e. The van der Waals surface area contributed by atoms with Gasteiger partial charge in [-0.1, -0.05) is 48.3 Å². The normalized spacial score (nSPS) is 29.2. The monoisotopic (exact) mass is 295 g/mol. The van der Waals surface area contributed by atoms with E-state index in [0.29, 0.717) is 6.04 Å². The molecule has 3 atom stereocenters. The second-order valence-corrected chi connectivity index (χ2v) is 6.43. The van der Waals surface area contributed by atoms with Gasteiger partial charge in [-0.3, -0.25) is 0 Å². The SMILES string of the molecule is CC1CCC(C)C(NCc2cccc(Br)c2)C1. The fraction of sp³-hybridized carbons (Fsp3) is 0.600. The van der Waals surface area contributed by atoms with E-state index in [1.165, 1.54) is 29.3 Å². The Morgan fingerprint density at radius 2 is 2.12 bits per heavy atom. The molecule has 1 saturated carbocycles. The summed E-state index contributed by atoms with van der Waals surface area (Å²) in [5, 5.41) is 3.72. The first kappa shape index (κ1) is 13.1. The van der Waals surface area contributed by atoms with Gasteiger partial charge in [-0.2, -0.15) is 0 Å². The Morgan fingerprint density at radius 1 is 1.29 bits per heavy atom. The average Bonchev–Trinajstić information content (AvgIpc) is 2.30. The molecular weight excluding hydrogens is 274 g/mol. The zero-order valence-corrected chi connectivity index (χ0v) is 12.3. The topological polar surface area (TPSA) is 12.0 Å². The molecule has 3 unspecified atom stereocenters. The Morgan fingerprint density at radius 3 is 2.88 bits per heavy atom. The van der Waals surface area contributed by atoms with Crippen molar-refractivity contribution in [2.24, 2.45) is 11.8 Å². The quantitative estimate of drug-likeness (QED) is 0.873. The largest absolute Gasteiger partial charge is 0.310 e. The van der Waals surface area contributed by atoms with Crippen molar-refractivity contribution in [3.05, 3.63) is 34.3 Å². The molecule has 0 aromatic heterocycles. The van der Waals surface area contributed by atoms with Crippen LogP contribution in [0, 0.1) is 11.8 Å². The highest BCUT2D eigenvalue weighted by Crippen LogP contribution is 2.28. The fourth-order valence-electron chi connectivity index (χ4n) is 2.71. The molecule has 1 aliphatic rings. The molecule has 1 aromatic carbocycles. The van der Waals surface area contributed by atoms with Crippen LogP contribution in [0.1, 0.15) is 38.7 Å². The summed E-state index contributed by atoms with van der Waals surface area (Å²) in [6.07, 6.45) is 4.10. The van der Waals surface area contributed by atoms with Gasteiger partial charge in [0.05, 0.1) is 0 Å². The van der Waals surface area contributed by atoms with Gasteiger partial charge in [0, 0.05) is 17.1 Å². The van der Waals surface area contributed by atoms with Gasteiger partial charge in [0.25, 0.3) is 0 Å². The van der Waals surface area contributed by atoms with Gasteiger partial charge in [-0.05, 0) is 42.4 Å². The summed E-state index contributed by atoms with van der Waals surface area (Å²) >= 11 is 3.52. The van der Waals surface area contributed by atoms with Gasteiger partial charge in [-0.15, -0.1) is 0 Å². The van der Waals surface area contributed by atoms with Crippen molar-refractivity contribution in [3.63, 3.8) is 0 Å². The minimum absolute atomic E-state index is 0.692. The maximum atomic E-state index is 3.72. The van der Waals surface area contributed by atoms with Crippen LogP contribution in [0.25, 0.3) is 0 Å². The fourth-order valence-corrected chi connectivity index (χ4v) is 3.16. The van der Waals surface area contributed by atoms with Crippen LogP contribution in [0.3, 0.4) is 0 Å². The van der Waals surface area contributed by atoms with Gasteiger partial charge in [-0.25, -0.2) is 0 Å². The number of hydrogen-bond donors (Lipinski definition) is 1. The minimum Gasteiger partial charge on any atom is -0.310 e. The lowest BCUT2D eigenvalue weighted by Gasteiger charge is -2.33. The average molecular weight is 296 g/mol.